The van der Waals surface area contributed by atoms with E-state index in [1.54, 1.807) is 49.6 Å². The molecule has 1 amide bonds. The monoisotopic (exact) mass is 414 g/mol. The van der Waals surface area contributed by atoms with Crippen molar-refractivity contribution in [2.45, 2.75) is 34.6 Å². The lowest BCUT2D eigenvalue weighted by atomic mass is 10.0. The Balaban J connectivity index is 0.00000407. The van der Waals surface area contributed by atoms with Crippen molar-refractivity contribution in [1.82, 2.24) is 5.32 Å². The second-order valence-corrected chi connectivity index (χ2v) is 6.16. The summed E-state index contributed by atoms with van der Waals surface area (Å²) in [5.74, 6) is 0.532. The van der Waals surface area contributed by atoms with Crippen molar-refractivity contribution in [3.63, 3.8) is 0 Å². The Bertz CT molecular complexity index is 805. The molecule has 0 radical (unpaired) electrons. The maximum absolute atomic E-state index is 12.5. The van der Waals surface area contributed by atoms with Crippen molar-refractivity contribution in [3.05, 3.63) is 59.8 Å². The standard InChI is InChI=1S/C22H28N2O4.C2H6/c1-7-11-23-18(15(3)4)12-16(8-2)19(25)14-24-22(26)17-9-10-20(27-5)21(13-17)28-6;1-2/h7-13,15H,1,14H2,2-6H3,(H,24,26);1-2H3/b16-8+,18-12+,23-11?;. The summed E-state index contributed by atoms with van der Waals surface area (Å²) < 4.78 is 10.4. The van der Waals surface area contributed by atoms with E-state index >= 15 is 0 Å². The smallest absolute Gasteiger partial charge is 0.251 e. The largest absolute Gasteiger partial charge is 0.493 e. The first kappa shape index (κ1) is 26.9. The maximum atomic E-state index is 12.5. The van der Waals surface area contributed by atoms with Crippen LogP contribution in [0.15, 0.2) is 59.3 Å². The number of aliphatic imine (C=N–C) groups is 1. The number of carbonyl (C=O) groups is 2. The van der Waals surface area contributed by atoms with E-state index in [4.69, 9.17) is 9.47 Å². The normalized spacial score (nSPS) is 11.6. The Morgan fingerprint density at radius 1 is 1.17 bits per heavy atom. The van der Waals surface area contributed by atoms with E-state index in [1.807, 2.05) is 27.7 Å². The number of hydrogen-bond acceptors (Lipinski definition) is 5. The predicted octanol–water partition coefficient (Wildman–Crippen LogP) is 4.77. The zero-order valence-electron chi connectivity index (χ0n) is 19.1. The van der Waals surface area contributed by atoms with Crippen LogP contribution in [0.25, 0.3) is 0 Å². The summed E-state index contributed by atoms with van der Waals surface area (Å²) in [5.41, 5.74) is 1.62. The van der Waals surface area contributed by atoms with Crippen LogP contribution in [0.2, 0.25) is 0 Å². The molecule has 0 saturated carbocycles. The van der Waals surface area contributed by atoms with Crippen LogP contribution in [-0.4, -0.2) is 38.7 Å². The van der Waals surface area contributed by atoms with Crippen LogP contribution in [0.5, 0.6) is 11.5 Å². The number of hydrogen-bond donors (Lipinski definition) is 1. The van der Waals surface area contributed by atoms with Gasteiger partial charge in [0.25, 0.3) is 5.91 Å². The number of benzene rings is 1. The number of amides is 1. The molecule has 1 aromatic carbocycles. The number of ether oxygens (including phenoxy) is 2. The molecule has 0 aliphatic rings. The number of allylic oxidation sites excluding steroid dienone is 4. The third kappa shape index (κ3) is 8.47. The van der Waals surface area contributed by atoms with Crippen LogP contribution in [0.3, 0.4) is 0 Å². The first-order chi connectivity index (χ1) is 14.4. The van der Waals surface area contributed by atoms with E-state index in [-0.39, 0.29) is 24.2 Å². The molecule has 0 spiro atoms. The number of ketones is 1. The summed E-state index contributed by atoms with van der Waals surface area (Å²) in [6.45, 7) is 13.2. The highest BCUT2D eigenvalue weighted by molar-refractivity contribution is 6.03. The quantitative estimate of drug-likeness (QED) is 0.340. The van der Waals surface area contributed by atoms with E-state index in [0.717, 1.165) is 5.70 Å². The topological polar surface area (TPSA) is 77.0 Å². The van der Waals surface area contributed by atoms with Gasteiger partial charge < -0.3 is 14.8 Å². The Morgan fingerprint density at radius 2 is 1.80 bits per heavy atom. The molecule has 1 aromatic rings. The van der Waals surface area contributed by atoms with Crippen molar-refractivity contribution >= 4 is 17.9 Å². The highest BCUT2D eigenvalue weighted by Gasteiger charge is 2.14. The van der Waals surface area contributed by atoms with Crippen LogP contribution in [0, 0.1) is 5.92 Å². The van der Waals surface area contributed by atoms with Gasteiger partial charge in [-0.2, -0.15) is 0 Å². The molecule has 0 fully saturated rings. The van der Waals surface area contributed by atoms with Crippen LogP contribution in [0.4, 0.5) is 0 Å². The minimum Gasteiger partial charge on any atom is -0.493 e. The lowest BCUT2D eigenvalue weighted by Gasteiger charge is -2.11. The number of nitrogens with one attached hydrogen (secondary N) is 1. The molecule has 164 valence electrons. The van der Waals surface area contributed by atoms with Crippen LogP contribution >= 0.6 is 0 Å². The fourth-order valence-corrected chi connectivity index (χ4v) is 2.32. The van der Waals surface area contributed by atoms with Crippen molar-refractivity contribution in [2.75, 3.05) is 20.8 Å². The Kier molecular flexibility index (Phi) is 13.2. The molecule has 0 aliphatic heterocycles. The van der Waals surface area contributed by atoms with Gasteiger partial charge in [0, 0.05) is 23.0 Å². The molecule has 6 heteroatoms. The van der Waals surface area contributed by atoms with Gasteiger partial charge in [0.2, 0.25) is 0 Å². The molecule has 0 unspecified atom stereocenters. The van der Waals surface area contributed by atoms with Crippen LogP contribution in [0.1, 0.15) is 45.0 Å². The average Bonchev–Trinajstić information content (AvgIpc) is 2.77. The second kappa shape index (κ2) is 14.8. The van der Waals surface area contributed by atoms with E-state index < -0.39 is 0 Å². The first-order valence-corrected chi connectivity index (χ1v) is 9.94. The van der Waals surface area contributed by atoms with Crippen molar-refractivity contribution in [1.29, 1.82) is 0 Å². The van der Waals surface area contributed by atoms with E-state index in [9.17, 15) is 9.59 Å². The molecule has 1 rings (SSSR count). The fraction of sp³-hybridized carbons (Fsp3) is 0.375. The lowest BCUT2D eigenvalue weighted by molar-refractivity contribution is -0.114. The fourth-order valence-electron chi connectivity index (χ4n) is 2.32. The molecule has 1 N–H and O–H groups in total. The predicted molar refractivity (Wildman–Crippen MR) is 124 cm³/mol. The van der Waals surface area contributed by atoms with Crippen LogP contribution < -0.4 is 14.8 Å². The highest BCUT2D eigenvalue weighted by Crippen LogP contribution is 2.27. The summed E-state index contributed by atoms with van der Waals surface area (Å²) in [4.78, 5) is 29.2. The summed E-state index contributed by atoms with van der Waals surface area (Å²) in [5, 5.41) is 2.64. The van der Waals surface area contributed by atoms with Crippen molar-refractivity contribution < 1.29 is 19.1 Å². The molecule has 6 nitrogen and oxygen atoms in total. The SMILES string of the molecule is C=CC=N/C(=C/C(=C\C)C(=O)CNC(=O)c1ccc(OC)c(OC)c1)C(C)C.CC. The molecule has 0 aromatic heterocycles. The number of methoxy groups -OCH3 is 2. The summed E-state index contributed by atoms with van der Waals surface area (Å²) in [7, 11) is 3.02. The highest BCUT2D eigenvalue weighted by atomic mass is 16.5. The molecule has 0 bridgehead atoms. The van der Waals surface area contributed by atoms with Gasteiger partial charge in [-0.3, -0.25) is 14.6 Å². The van der Waals surface area contributed by atoms with Crippen LogP contribution in [-0.2, 0) is 4.79 Å². The molecular formula is C24H34N2O4. The molecule has 0 saturated heterocycles. The van der Waals surface area contributed by atoms with Gasteiger partial charge >= 0.3 is 0 Å². The maximum Gasteiger partial charge on any atom is 0.251 e. The number of carbonyl (C=O) groups excluding carboxylic acids is 2. The third-order valence-corrected chi connectivity index (χ3v) is 3.91. The molecule has 0 atom stereocenters. The van der Waals surface area contributed by atoms with Gasteiger partial charge in [-0.25, -0.2) is 0 Å². The summed E-state index contributed by atoms with van der Waals surface area (Å²) in [6, 6.07) is 4.82. The Labute approximate surface area is 180 Å². The van der Waals surface area contributed by atoms with Crippen molar-refractivity contribution in [2.24, 2.45) is 10.9 Å². The van der Waals surface area contributed by atoms with Crippen molar-refractivity contribution in [3.8, 4) is 11.5 Å². The number of nitrogens with zero attached hydrogens (tertiary/aromatic N) is 1. The summed E-state index contributed by atoms with van der Waals surface area (Å²) in [6.07, 6.45) is 6.60. The minimum absolute atomic E-state index is 0.125. The van der Waals surface area contributed by atoms with Gasteiger partial charge in [-0.1, -0.05) is 46.4 Å². The van der Waals surface area contributed by atoms with Gasteiger partial charge in [0.15, 0.2) is 17.3 Å². The molecule has 30 heavy (non-hydrogen) atoms. The van der Waals surface area contributed by atoms with E-state index in [0.29, 0.717) is 22.6 Å². The first-order valence-electron chi connectivity index (χ1n) is 9.94. The van der Waals surface area contributed by atoms with E-state index in [2.05, 4.69) is 16.9 Å². The second-order valence-electron chi connectivity index (χ2n) is 6.16. The Hall–Kier alpha value is -3.15. The zero-order valence-corrected chi connectivity index (χ0v) is 19.1. The minimum atomic E-state index is -0.373. The van der Waals surface area contributed by atoms with Gasteiger partial charge in [0.05, 0.1) is 20.8 Å². The van der Waals surface area contributed by atoms with Gasteiger partial charge in [-0.05, 0) is 37.1 Å². The summed E-state index contributed by atoms with van der Waals surface area (Å²) >= 11 is 0. The van der Waals surface area contributed by atoms with E-state index in [1.165, 1.54) is 14.2 Å². The molecule has 0 aliphatic carbocycles. The molecule has 0 heterocycles. The lowest BCUT2D eigenvalue weighted by Crippen LogP contribution is -2.30. The zero-order chi connectivity index (χ0) is 23.1. The van der Waals surface area contributed by atoms with Gasteiger partial charge in [0.1, 0.15) is 0 Å². The Morgan fingerprint density at radius 3 is 2.30 bits per heavy atom. The average molecular weight is 415 g/mol. The number of Topliss-reactive ketones (excluding diaryl/α,β-unsaturated/α-hetero) is 1. The number of rotatable bonds is 10. The molecular weight excluding hydrogens is 380 g/mol. The van der Waals surface area contributed by atoms with Gasteiger partial charge in [-0.15, -0.1) is 0 Å². The third-order valence-electron chi connectivity index (χ3n) is 3.91.